The lowest BCUT2D eigenvalue weighted by molar-refractivity contribution is -0.124. The molecule has 0 fully saturated rings. The molecule has 1 atom stereocenters. The molecule has 1 N–H and O–H groups in total. The first-order valence-electron chi connectivity index (χ1n) is 7.55. The molecule has 2 aromatic rings. The van der Waals surface area contributed by atoms with Gasteiger partial charge in [0, 0.05) is 6.20 Å². The van der Waals surface area contributed by atoms with E-state index in [4.69, 9.17) is 25.8 Å². The number of nitrogens with zero attached hydrogens (tertiary/aromatic N) is 1. The first kappa shape index (κ1) is 17.0. The number of hydrogen-bond donors (Lipinski definition) is 1. The number of carbonyl (C=O) groups is 2. The largest absolute Gasteiger partial charge is 0.486 e. The third-order valence-electron chi connectivity index (χ3n) is 3.39. The standard InChI is InChI=1S/C17H15ClN2O5/c18-15-6-5-11(7-19-15)17(22)24-10-16(21)20-8-12-9-23-13-3-1-2-4-14(13)25-12/h1-7,12H,8-10H2,(H,20,21)/t12-/m1/s1. The van der Waals surface area contributed by atoms with E-state index in [-0.39, 0.29) is 23.4 Å². The number of nitrogens with one attached hydrogen (secondary N) is 1. The monoisotopic (exact) mass is 362 g/mol. The fourth-order valence-electron chi connectivity index (χ4n) is 2.15. The van der Waals surface area contributed by atoms with Crippen LogP contribution in [0.1, 0.15) is 10.4 Å². The molecule has 0 saturated heterocycles. The van der Waals surface area contributed by atoms with Crippen LogP contribution in [0.2, 0.25) is 5.15 Å². The molecular formula is C17H15ClN2O5. The third-order valence-corrected chi connectivity index (χ3v) is 3.62. The highest BCUT2D eigenvalue weighted by Crippen LogP contribution is 2.30. The van der Waals surface area contributed by atoms with Crippen molar-refractivity contribution in [2.24, 2.45) is 0 Å². The predicted molar refractivity (Wildman–Crippen MR) is 88.9 cm³/mol. The number of fused-ring (bicyclic) bond motifs is 1. The molecule has 1 aromatic heterocycles. The fraction of sp³-hybridized carbons (Fsp3) is 0.235. The Hall–Kier alpha value is -2.80. The molecule has 1 amide bonds. The van der Waals surface area contributed by atoms with Gasteiger partial charge in [-0.1, -0.05) is 23.7 Å². The summed E-state index contributed by atoms with van der Waals surface area (Å²) in [6, 6.07) is 10.3. The van der Waals surface area contributed by atoms with Crippen molar-refractivity contribution in [2.45, 2.75) is 6.10 Å². The molecule has 7 nitrogen and oxygen atoms in total. The van der Waals surface area contributed by atoms with Gasteiger partial charge in [0.25, 0.3) is 5.91 Å². The van der Waals surface area contributed by atoms with E-state index in [1.165, 1.54) is 18.3 Å². The van der Waals surface area contributed by atoms with E-state index in [1.807, 2.05) is 18.2 Å². The number of para-hydroxylation sites is 2. The van der Waals surface area contributed by atoms with Crippen LogP contribution in [0.4, 0.5) is 0 Å². The summed E-state index contributed by atoms with van der Waals surface area (Å²) < 4.78 is 16.2. The number of amides is 1. The zero-order valence-electron chi connectivity index (χ0n) is 13.1. The van der Waals surface area contributed by atoms with E-state index in [0.717, 1.165) is 0 Å². The van der Waals surface area contributed by atoms with Crippen molar-refractivity contribution in [3.05, 3.63) is 53.3 Å². The van der Waals surface area contributed by atoms with Crippen LogP contribution >= 0.6 is 11.6 Å². The summed E-state index contributed by atoms with van der Waals surface area (Å²) in [4.78, 5) is 27.4. The average Bonchev–Trinajstić information content (AvgIpc) is 2.65. The van der Waals surface area contributed by atoms with Gasteiger partial charge >= 0.3 is 5.97 Å². The quantitative estimate of drug-likeness (QED) is 0.645. The first-order chi connectivity index (χ1) is 12.1. The number of halogens is 1. The number of aromatic nitrogens is 1. The Balaban J connectivity index is 1.41. The first-order valence-corrected chi connectivity index (χ1v) is 7.93. The summed E-state index contributed by atoms with van der Waals surface area (Å²) >= 11 is 5.64. The molecule has 3 rings (SSSR count). The Bertz CT molecular complexity index is 766. The van der Waals surface area contributed by atoms with Crippen LogP contribution in [0.25, 0.3) is 0 Å². The van der Waals surface area contributed by atoms with E-state index in [1.54, 1.807) is 6.07 Å². The van der Waals surface area contributed by atoms with Gasteiger partial charge in [0.15, 0.2) is 18.1 Å². The number of benzene rings is 1. The maximum Gasteiger partial charge on any atom is 0.340 e. The molecule has 0 unspecified atom stereocenters. The number of carbonyl (C=O) groups excluding carboxylic acids is 2. The van der Waals surface area contributed by atoms with Gasteiger partial charge in [0.05, 0.1) is 12.1 Å². The van der Waals surface area contributed by atoms with E-state index >= 15 is 0 Å². The molecular weight excluding hydrogens is 348 g/mol. The third kappa shape index (κ3) is 4.60. The molecule has 130 valence electrons. The summed E-state index contributed by atoms with van der Waals surface area (Å²) in [5.41, 5.74) is 0.220. The van der Waals surface area contributed by atoms with Crippen LogP contribution in [0.3, 0.4) is 0 Å². The number of hydrogen-bond acceptors (Lipinski definition) is 6. The van der Waals surface area contributed by atoms with Crippen LogP contribution < -0.4 is 14.8 Å². The average molecular weight is 363 g/mol. The van der Waals surface area contributed by atoms with Crippen LogP contribution in [0.5, 0.6) is 11.5 Å². The topological polar surface area (TPSA) is 86.8 Å². The lowest BCUT2D eigenvalue weighted by atomic mass is 10.2. The van der Waals surface area contributed by atoms with Crippen molar-refractivity contribution in [3.63, 3.8) is 0 Å². The SMILES string of the molecule is O=C(COC(=O)c1ccc(Cl)nc1)NC[C@@H]1COc2ccccc2O1. The molecule has 0 aliphatic carbocycles. The van der Waals surface area contributed by atoms with Gasteiger partial charge in [0.1, 0.15) is 17.9 Å². The minimum absolute atomic E-state index is 0.220. The van der Waals surface area contributed by atoms with Gasteiger partial charge in [-0.3, -0.25) is 4.79 Å². The van der Waals surface area contributed by atoms with Crippen molar-refractivity contribution in [1.82, 2.24) is 10.3 Å². The van der Waals surface area contributed by atoms with Crippen LogP contribution in [0.15, 0.2) is 42.6 Å². The van der Waals surface area contributed by atoms with Gasteiger partial charge in [-0.15, -0.1) is 0 Å². The maximum absolute atomic E-state index is 11.8. The normalized spacial score (nSPS) is 15.3. The highest BCUT2D eigenvalue weighted by atomic mass is 35.5. The summed E-state index contributed by atoms with van der Waals surface area (Å²) in [5.74, 6) is 0.230. The van der Waals surface area contributed by atoms with Gasteiger partial charge in [0.2, 0.25) is 0 Å². The predicted octanol–water partition coefficient (Wildman–Crippen LogP) is 1.85. The molecule has 25 heavy (non-hydrogen) atoms. The van der Waals surface area contributed by atoms with Gasteiger partial charge in [-0.25, -0.2) is 9.78 Å². The Morgan fingerprint density at radius 1 is 1.24 bits per heavy atom. The van der Waals surface area contributed by atoms with Gasteiger partial charge in [-0.05, 0) is 24.3 Å². The van der Waals surface area contributed by atoms with Crippen molar-refractivity contribution in [2.75, 3.05) is 19.8 Å². The molecule has 2 heterocycles. The summed E-state index contributed by atoms with van der Waals surface area (Å²) in [5, 5.41) is 2.91. The Kier molecular flexibility index (Phi) is 5.35. The summed E-state index contributed by atoms with van der Waals surface area (Å²) in [7, 11) is 0. The lowest BCUT2D eigenvalue weighted by Crippen LogP contribution is -2.42. The molecule has 0 saturated carbocycles. The minimum Gasteiger partial charge on any atom is -0.486 e. The number of esters is 1. The van der Waals surface area contributed by atoms with Crippen molar-refractivity contribution in [1.29, 1.82) is 0 Å². The zero-order valence-corrected chi connectivity index (χ0v) is 13.9. The molecule has 0 radical (unpaired) electrons. The van der Waals surface area contributed by atoms with E-state index in [9.17, 15) is 9.59 Å². The van der Waals surface area contributed by atoms with E-state index in [0.29, 0.717) is 18.1 Å². The highest BCUT2D eigenvalue weighted by Gasteiger charge is 2.21. The minimum atomic E-state index is -0.648. The second-order valence-corrected chi connectivity index (χ2v) is 5.63. The summed E-state index contributed by atoms with van der Waals surface area (Å²) in [6.07, 6.45) is 0.975. The zero-order chi connectivity index (χ0) is 17.6. The van der Waals surface area contributed by atoms with Gasteiger partial charge < -0.3 is 19.5 Å². The Morgan fingerprint density at radius 2 is 2.04 bits per heavy atom. The van der Waals surface area contributed by atoms with Crippen LogP contribution in [-0.4, -0.2) is 42.7 Å². The molecule has 0 spiro atoms. The smallest absolute Gasteiger partial charge is 0.340 e. The second kappa shape index (κ2) is 7.85. The Labute approximate surface area is 148 Å². The Morgan fingerprint density at radius 3 is 2.80 bits per heavy atom. The second-order valence-electron chi connectivity index (χ2n) is 5.25. The molecule has 1 aliphatic rings. The molecule has 1 aliphatic heterocycles. The number of ether oxygens (including phenoxy) is 3. The van der Waals surface area contributed by atoms with E-state index in [2.05, 4.69) is 10.3 Å². The molecule has 0 bridgehead atoms. The number of rotatable bonds is 5. The molecule has 1 aromatic carbocycles. The van der Waals surface area contributed by atoms with Crippen molar-refractivity contribution >= 4 is 23.5 Å². The fourth-order valence-corrected chi connectivity index (χ4v) is 2.27. The lowest BCUT2D eigenvalue weighted by Gasteiger charge is -2.26. The van der Waals surface area contributed by atoms with Gasteiger partial charge in [-0.2, -0.15) is 0 Å². The van der Waals surface area contributed by atoms with E-state index < -0.39 is 18.5 Å². The number of pyridine rings is 1. The molecule has 8 heteroatoms. The van der Waals surface area contributed by atoms with Crippen molar-refractivity contribution < 1.29 is 23.8 Å². The highest BCUT2D eigenvalue weighted by molar-refractivity contribution is 6.29. The van der Waals surface area contributed by atoms with Crippen LogP contribution in [-0.2, 0) is 9.53 Å². The van der Waals surface area contributed by atoms with Crippen molar-refractivity contribution in [3.8, 4) is 11.5 Å². The van der Waals surface area contributed by atoms with Crippen LogP contribution in [0, 0.1) is 0 Å². The summed E-state index contributed by atoms with van der Waals surface area (Å²) in [6.45, 7) is 0.173. The maximum atomic E-state index is 11.8.